The third-order valence-electron chi connectivity index (χ3n) is 1.82. The molecule has 0 atom stereocenters. The Morgan fingerprint density at radius 3 is 2.44 bits per heavy atom. The highest BCUT2D eigenvalue weighted by Crippen LogP contribution is 2.09. The average Bonchev–Trinajstić information content (AvgIpc) is 2.60. The summed E-state index contributed by atoms with van der Waals surface area (Å²) < 4.78 is 28.6. The van der Waals surface area contributed by atoms with Crippen molar-refractivity contribution in [3.63, 3.8) is 0 Å². The van der Waals surface area contributed by atoms with Crippen molar-refractivity contribution in [3.8, 4) is 0 Å². The lowest BCUT2D eigenvalue weighted by Gasteiger charge is -2.04. The summed E-state index contributed by atoms with van der Waals surface area (Å²) in [4.78, 5) is 11.4. The van der Waals surface area contributed by atoms with E-state index in [1.54, 1.807) is 13.8 Å². The molecule has 0 radical (unpaired) electrons. The summed E-state index contributed by atoms with van der Waals surface area (Å²) in [5.74, 6) is -0.767. The van der Waals surface area contributed by atoms with Crippen LogP contribution < -0.4 is 0 Å². The summed E-state index contributed by atoms with van der Waals surface area (Å²) in [6, 6.07) is 0. The highest BCUT2D eigenvalue weighted by atomic mass is 32.2. The van der Waals surface area contributed by atoms with Crippen LogP contribution in [0.5, 0.6) is 0 Å². The van der Waals surface area contributed by atoms with Crippen LogP contribution in [0.3, 0.4) is 0 Å². The molecule has 8 heteroatoms. The van der Waals surface area contributed by atoms with E-state index < -0.39 is 15.8 Å². The molecule has 1 rings (SSSR count). The number of hydrogen-bond donors (Lipinski definition) is 0. The third kappa shape index (κ3) is 2.38. The number of carbonyl (C=O) groups excluding carboxylic acids is 1. The van der Waals surface area contributed by atoms with Crippen molar-refractivity contribution in [2.75, 3.05) is 12.9 Å². The normalized spacial score (nSPS) is 11.4. The zero-order valence-corrected chi connectivity index (χ0v) is 10.1. The molecule has 1 heterocycles. The van der Waals surface area contributed by atoms with Gasteiger partial charge < -0.3 is 4.74 Å². The fraction of sp³-hybridized carbons (Fsp3) is 0.625. The summed E-state index contributed by atoms with van der Waals surface area (Å²) in [7, 11) is -3.49. The van der Waals surface area contributed by atoms with E-state index in [9.17, 15) is 13.2 Å². The lowest BCUT2D eigenvalue weighted by molar-refractivity contribution is 0.0505. The van der Waals surface area contributed by atoms with Gasteiger partial charge in [0, 0.05) is 12.8 Å². The smallest absolute Gasteiger partial charge is 0.376 e. The minimum absolute atomic E-state index is 0.0928. The predicted molar refractivity (Wildman–Crippen MR) is 54.8 cm³/mol. The predicted octanol–water partition coefficient (Wildman–Crippen LogP) is -0.122. The largest absolute Gasteiger partial charge is 0.460 e. The summed E-state index contributed by atoms with van der Waals surface area (Å²) in [6.45, 7) is 3.83. The van der Waals surface area contributed by atoms with Gasteiger partial charge >= 0.3 is 5.97 Å². The van der Waals surface area contributed by atoms with Gasteiger partial charge in [-0.05, 0) is 13.8 Å². The van der Waals surface area contributed by atoms with Gasteiger partial charge in [0.05, 0.1) is 6.61 Å². The minimum Gasteiger partial charge on any atom is -0.460 e. The van der Waals surface area contributed by atoms with Crippen molar-refractivity contribution in [3.05, 3.63) is 5.82 Å². The average molecular weight is 247 g/mol. The SMILES string of the molecule is CCOC(=O)c1nnc(S(C)(=O)=O)n1CC. The standard InChI is InChI=1S/C8H13N3O4S/c1-4-11-6(7(12)15-5-2)9-10-8(11)16(3,13)14/h4-5H2,1-3H3. The molecule has 0 bridgehead atoms. The monoisotopic (exact) mass is 247 g/mol. The van der Waals surface area contributed by atoms with E-state index >= 15 is 0 Å². The number of aromatic nitrogens is 3. The first-order valence-electron chi connectivity index (χ1n) is 4.72. The van der Waals surface area contributed by atoms with Crippen LogP contribution in [0.2, 0.25) is 0 Å². The molecule has 90 valence electrons. The fourth-order valence-electron chi connectivity index (χ4n) is 1.19. The van der Waals surface area contributed by atoms with Gasteiger partial charge in [-0.2, -0.15) is 0 Å². The highest BCUT2D eigenvalue weighted by molar-refractivity contribution is 7.90. The molecule has 0 aromatic carbocycles. The molecule has 0 unspecified atom stereocenters. The van der Waals surface area contributed by atoms with Gasteiger partial charge in [0.2, 0.25) is 20.8 Å². The zero-order chi connectivity index (χ0) is 12.3. The molecule has 7 nitrogen and oxygen atoms in total. The Labute approximate surface area is 93.3 Å². The van der Waals surface area contributed by atoms with Crippen LogP contribution in [-0.4, -0.2) is 42.0 Å². The van der Waals surface area contributed by atoms with E-state index in [0.29, 0.717) is 0 Å². The first-order chi connectivity index (χ1) is 7.41. The maximum Gasteiger partial charge on any atom is 0.376 e. The topological polar surface area (TPSA) is 91.2 Å². The van der Waals surface area contributed by atoms with Crippen molar-refractivity contribution in [2.24, 2.45) is 0 Å². The van der Waals surface area contributed by atoms with E-state index in [1.165, 1.54) is 4.57 Å². The molecule has 0 aliphatic rings. The van der Waals surface area contributed by atoms with Gasteiger partial charge in [-0.25, -0.2) is 13.2 Å². The molecule has 0 spiro atoms. The third-order valence-corrected chi connectivity index (χ3v) is 2.79. The van der Waals surface area contributed by atoms with E-state index in [-0.39, 0.29) is 24.1 Å². The lowest BCUT2D eigenvalue weighted by atomic mass is 10.5. The van der Waals surface area contributed by atoms with E-state index in [1.807, 2.05) is 0 Å². The summed E-state index contributed by atoms with van der Waals surface area (Å²) in [5, 5.41) is 6.79. The Balaban J connectivity index is 3.24. The lowest BCUT2D eigenvalue weighted by Crippen LogP contribution is -2.16. The maximum atomic E-state index is 11.4. The molecule has 0 amide bonds. The Morgan fingerprint density at radius 2 is 2.00 bits per heavy atom. The highest BCUT2D eigenvalue weighted by Gasteiger charge is 2.24. The second kappa shape index (κ2) is 4.60. The van der Waals surface area contributed by atoms with Crippen LogP contribution in [0.25, 0.3) is 0 Å². The van der Waals surface area contributed by atoms with E-state index in [2.05, 4.69) is 10.2 Å². The molecule has 0 aliphatic carbocycles. The minimum atomic E-state index is -3.49. The maximum absolute atomic E-state index is 11.4. The summed E-state index contributed by atoms with van der Waals surface area (Å²) in [5.41, 5.74) is 0. The van der Waals surface area contributed by atoms with Gasteiger partial charge in [0.1, 0.15) is 0 Å². The number of esters is 1. The van der Waals surface area contributed by atoms with Crippen LogP contribution in [-0.2, 0) is 21.1 Å². The van der Waals surface area contributed by atoms with Crippen LogP contribution in [0, 0.1) is 0 Å². The molecule has 1 aromatic rings. The molecule has 0 aliphatic heterocycles. The Hall–Kier alpha value is -1.44. The van der Waals surface area contributed by atoms with E-state index in [4.69, 9.17) is 4.74 Å². The number of hydrogen-bond acceptors (Lipinski definition) is 6. The van der Waals surface area contributed by atoms with Gasteiger partial charge in [-0.1, -0.05) is 0 Å². The summed E-state index contributed by atoms with van der Waals surface area (Å²) >= 11 is 0. The van der Waals surface area contributed by atoms with Crippen LogP contribution >= 0.6 is 0 Å². The summed E-state index contributed by atoms with van der Waals surface area (Å²) in [6.07, 6.45) is 1.01. The van der Waals surface area contributed by atoms with Crippen molar-refractivity contribution >= 4 is 15.8 Å². The van der Waals surface area contributed by atoms with E-state index in [0.717, 1.165) is 6.26 Å². The van der Waals surface area contributed by atoms with Crippen LogP contribution in [0.1, 0.15) is 24.5 Å². The second-order valence-corrected chi connectivity index (χ2v) is 4.95. The molecule has 16 heavy (non-hydrogen) atoms. The van der Waals surface area contributed by atoms with Crippen LogP contribution in [0.4, 0.5) is 0 Å². The first-order valence-corrected chi connectivity index (χ1v) is 6.61. The van der Waals surface area contributed by atoms with Crippen LogP contribution in [0.15, 0.2) is 5.16 Å². The molecular formula is C8H13N3O4S. The van der Waals surface area contributed by atoms with Crippen molar-refractivity contribution in [2.45, 2.75) is 25.5 Å². The molecule has 0 N–H and O–H groups in total. The number of ether oxygens (including phenoxy) is 1. The molecular weight excluding hydrogens is 234 g/mol. The number of carbonyl (C=O) groups is 1. The zero-order valence-electron chi connectivity index (χ0n) is 9.30. The van der Waals surface area contributed by atoms with Gasteiger partial charge in [0.25, 0.3) is 0 Å². The molecule has 0 saturated carbocycles. The van der Waals surface area contributed by atoms with Gasteiger partial charge in [0.15, 0.2) is 0 Å². The molecule has 1 aromatic heterocycles. The Morgan fingerprint density at radius 1 is 1.38 bits per heavy atom. The number of nitrogens with zero attached hydrogens (tertiary/aromatic N) is 3. The van der Waals surface area contributed by atoms with Crippen molar-refractivity contribution in [1.82, 2.24) is 14.8 Å². The Bertz CT molecular complexity index is 491. The second-order valence-electron chi connectivity index (χ2n) is 3.04. The Kier molecular flexibility index (Phi) is 3.63. The quantitative estimate of drug-likeness (QED) is 0.689. The van der Waals surface area contributed by atoms with Crippen molar-refractivity contribution in [1.29, 1.82) is 0 Å². The fourth-order valence-corrected chi connectivity index (χ4v) is 2.00. The van der Waals surface area contributed by atoms with Gasteiger partial charge in [-0.3, -0.25) is 4.57 Å². The molecule has 0 fully saturated rings. The van der Waals surface area contributed by atoms with Crippen molar-refractivity contribution < 1.29 is 17.9 Å². The number of rotatable bonds is 4. The molecule has 0 saturated heterocycles. The number of sulfone groups is 1. The van der Waals surface area contributed by atoms with Gasteiger partial charge in [-0.15, -0.1) is 10.2 Å². The first kappa shape index (κ1) is 12.6.